The molecule has 0 aromatic heterocycles. The number of alkyl halides is 1. The van der Waals surface area contributed by atoms with E-state index in [1.165, 1.54) is 0 Å². The van der Waals surface area contributed by atoms with Gasteiger partial charge in [0, 0.05) is 18.5 Å². The van der Waals surface area contributed by atoms with Crippen LogP contribution in [0.3, 0.4) is 0 Å². The molecule has 0 saturated carbocycles. The number of hydrogen-bond acceptors (Lipinski definition) is 1. The molecule has 0 unspecified atom stereocenters. The van der Waals surface area contributed by atoms with E-state index < -0.39 is 17.5 Å². The lowest BCUT2D eigenvalue weighted by Gasteiger charge is -2.07. The average Bonchev–Trinajstić information content (AvgIpc) is 2.45. The second-order valence-electron chi connectivity index (χ2n) is 4.26. The quantitative estimate of drug-likeness (QED) is 0.857. The van der Waals surface area contributed by atoms with Crippen LogP contribution in [-0.4, -0.2) is 5.91 Å². The molecule has 0 fully saturated rings. The molecule has 0 aliphatic carbocycles. The number of halogens is 3. The normalized spacial score (nSPS) is 10.3. The van der Waals surface area contributed by atoms with Gasteiger partial charge in [0.2, 0.25) is 0 Å². The summed E-state index contributed by atoms with van der Waals surface area (Å²) >= 11 is 5.67. The minimum atomic E-state index is -0.875. The lowest BCUT2D eigenvalue weighted by Crippen LogP contribution is -2.23. The predicted molar refractivity (Wildman–Crippen MR) is 73.5 cm³/mol. The van der Waals surface area contributed by atoms with E-state index >= 15 is 0 Å². The number of carbonyl (C=O) groups excluding carboxylic acids is 1. The van der Waals surface area contributed by atoms with Crippen LogP contribution in [0.5, 0.6) is 0 Å². The van der Waals surface area contributed by atoms with Gasteiger partial charge in [-0.05, 0) is 23.3 Å². The molecule has 104 valence electrons. The van der Waals surface area contributed by atoms with Gasteiger partial charge in [-0.15, -0.1) is 11.6 Å². The number of benzene rings is 2. The van der Waals surface area contributed by atoms with Gasteiger partial charge in [0.1, 0.15) is 11.6 Å². The van der Waals surface area contributed by atoms with Crippen molar-refractivity contribution < 1.29 is 13.6 Å². The summed E-state index contributed by atoms with van der Waals surface area (Å²) < 4.78 is 26.2. The van der Waals surface area contributed by atoms with Gasteiger partial charge in [0.25, 0.3) is 5.91 Å². The van der Waals surface area contributed by atoms with Crippen LogP contribution in [0, 0.1) is 11.6 Å². The Morgan fingerprint density at radius 2 is 1.70 bits per heavy atom. The molecule has 0 radical (unpaired) electrons. The summed E-state index contributed by atoms with van der Waals surface area (Å²) in [6, 6.07) is 10.2. The summed E-state index contributed by atoms with van der Waals surface area (Å²) in [6.45, 7) is 0.262. The average molecular weight is 296 g/mol. The van der Waals surface area contributed by atoms with E-state index in [0.717, 1.165) is 23.3 Å². The maximum atomic E-state index is 13.4. The first kappa shape index (κ1) is 14.5. The summed E-state index contributed by atoms with van der Waals surface area (Å²) in [5, 5.41) is 2.58. The Kier molecular flexibility index (Phi) is 4.69. The highest BCUT2D eigenvalue weighted by molar-refractivity contribution is 6.17. The first-order valence-electron chi connectivity index (χ1n) is 5.97. The van der Waals surface area contributed by atoms with Gasteiger partial charge >= 0.3 is 0 Å². The zero-order chi connectivity index (χ0) is 14.5. The minimum Gasteiger partial charge on any atom is -0.348 e. The van der Waals surface area contributed by atoms with Crippen molar-refractivity contribution in [2.75, 3.05) is 0 Å². The second-order valence-corrected chi connectivity index (χ2v) is 4.52. The van der Waals surface area contributed by atoms with Gasteiger partial charge in [0.05, 0.1) is 5.56 Å². The van der Waals surface area contributed by atoms with Crippen LogP contribution >= 0.6 is 11.6 Å². The Bertz CT molecular complexity index is 614. The highest BCUT2D eigenvalue weighted by Crippen LogP contribution is 2.10. The molecule has 2 nitrogen and oxygen atoms in total. The van der Waals surface area contributed by atoms with Crippen LogP contribution in [0.4, 0.5) is 8.78 Å². The lowest BCUT2D eigenvalue weighted by molar-refractivity contribution is 0.0947. The van der Waals surface area contributed by atoms with Gasteiger partial charge in [-0.1, -0.05) is 24.3 Å². The van der Waals surface area contributed by atoms with Crippen LogP contribution < -0.4 is 5.32 Å². The SMILES string of the molecule is O=C(NCc1ccc(CCl)cc1)c1ccc(F)cc1F. The van der Waals surface area contributed by atoms with Crippen molar-refractivity contribution in [1.29, 1.82) is 0 Å². The summed E-state index contributed by atoms with van der Waals surface area (Å²) in [4.78, 5) is 11.8. The topological polar surface area (TPSA) is 29.1 Å². The summed E-state index contributed by atoms with van der Waals surface area (Å²) in [5.74, 6) is -1.74. The molecule has 20 heavy (non-hydrogen) atoms. The Balaban J connectivity index is 2.00. The molecule has 5 heteroatoms. The van der Waals surface area contributed by atoms with Crippen molar-refractivity contribution in [3.63, 3.8) is 0 Å². The lowest BCUT2D eigenvalue weighted by atomic mass is 10.1. The maximum Gasteiger partial charge on any atom is 0.254 e. The highest BCUT2D eigenvalue weighted by Gasteiger charge is 2.11. The van der Waals surface area contributed by atoms with Crippen LogP contribution in [0.25, 0.3) is 0 Å². The zero-order valence-electron chi connectivity index (χ0n) is 10.5. The van der Waals surface area contributed by atoms with Crippen LogP contribution in [0.1, 0.15) is 21.5 Å². The third-order valence-corrected chi connectivity index (χ3v) is 3.11. The third kappa shape index (κ3) is 3.54. The van der Waals surface area contributed by atoms with Gasteiger partial charge < -0.3 is 5.32 Å². The summed E-state index contributed by atoms with van der Waals surface area (Å²) in [7, 11) is 0. The van der Waals surface area contributed by atoms with E-state index in [1.54, 1.807) is 0 Å². The van der Waals surface area contributed by atoms with Gasteiger partial charge in [-0.3, -0.25) is 4.79 Å². The van der Waals surface area contributed by atoms with Crippen molar-refractivity contribution in [2.24, 2.45) is 0 Å². The molecule has 2 aromatic rings. The molecule has 2 aromatic carbocycles. The predicted octanol–water partition coefficient (Wildman–Crippen LogP) is 3.63. The molecule has 1 amide bonds. The number of carbonyl (C=O) groups is 1. The van der Waals surface area contributed by atoms with Crippen molar-refractivity contribution in [3.8, 4) is 0 Å². The fourth-order valence-corrected chi connectivity index (χ4v) is 1.88. The van der Waals surface area contributed by atoms with Crippen LogP contribution in [0.15, 0.2) is 42.5 Å². The molecular formula is C15H12ClF2NO. The monoisotopic (exact) mass is 295 g/mol. The van der Waals surface area contributed by atoms with Crippen LogP contribution in [0.2, 0.25) is 0 Å². The Hall–Kier alpha value is -1.94. The van der Waals surface area contributed by atoms with Crippen LogP contribution in [-0.2, 0) is 12.4 Å². The number of nitrogens with one attached hydrogen (secondary N) is 1. The fraction of sp³-hybridized carbons (Fsp3) is 0.133. The molecule has 0 saturated heterocycles. The molecule has 0 aliphatic rings. The third-order valence-electron chi connectivity index (χ3n) is 2.81. The molecule has 1 N–H and O–H groups in total. The fourth-order valence-electron chi connectivity index (χ4n) is 1.70. The molecule has 0 aliphatic heterocycles. The minimum absolute atomic E-state index is 0.177. The van der Waals surface area contributed by atoms with E-state index in [9.17, 15) is 13.6 Å². The largest absolute Gasteiger partial charge is 0.348 e. The molecule has 0 atom stereocenters. The molecule has 0 bridgehead atoms. The van der Waals surface area contributed by atoms with Gasteiger partial charge in [-0.25, -0.2) is 8.78 Å². The van der Waals surface area contributed by atoms with Crippen molar-refractivity contribution in [2.45, 2.75) is 12.4 Å². The van der Waals surface area contributed by atoms with Crippen molar-refractivity contribution >= 4 is 17.5 Å². The molecule has 0 spiro atoms. The molecule has 0 heterocycles. The van der Waals surface area contributed by atoms with E-state index in [4.69, 9.17) is 11.6 Å². The number of amides is 1. The van der Waals surface area contributed by atoms with Crippen molar-refractivity contribution in [1.82, 2.24) is 5.32 Å². The number of rotatable bonds is 4. The van der Waals surface area contributed by atoms with E-state index in [1.807, 2.05) is 24.3 Å². The first-order valence-corrected chi connectivity index (χ1v) is 6.50. The highest BCUT2D eigenvalue weighted by atomic mass is 35.5. The zero-order valence-corrected chi connectivity index (χ0v) is 11.3. The van der Waals surface area contributed by atoms with E-state index in [0.29, 0.717) is 11.9 Å². The van der Waals surface area contributed by atoms with Gasteiger partial charge in [0.15, 0.2) is 0 Å². The van der Waals surface area contributed by atoms with Gasteiger partial charge in [-0.2, -0.15) is 0 Å². The van der Waals surface area contributed by atoms with E-state index in [2.05, 4.69) is 5.32 Å². The summed E-state index contributed by atoms with van der Waals surface area (Å²) in [6.07, 6.45) is 0. The van der Waals surface area contributed by atoms with E-state index in [-0.39, 0.29) is 12.1 Å². The molecular weight excluding hydrogens is 284 g/mol. The second kappa shape index (κ2) is 6.48. The Morgan fingerprint density at radius 1 is 1.05 bits per heavy atom. The molecule has 2 rings (SSSR count). The Morgan fingerprint density at radius 3 is 2.30 bits per heavy atom. The maximum absolute atomic E-state index is 13.4. The first-order chi connectivity index (χ1) is 9.60. The standard InChI is InChI=1S/C15H12ClF2NO/c16-8-10-1-3-11(4-2-10)9-19-15(20)13-6-5-12(17)7-14(13)18/h1-7H,8-9H2,(H,19,20). The number of hydrogen-bond donors (Lipinski definition) is 1. The Labute approximate surface area is 120 Å². The smallest absolute Gasteiger partial charge is 0.254 e. The van der Waals surface area contributed by atoms with Crippen molar-refractivity contribution in [3.05, 3.63) is 70.8 Å². The summed E-state index contributed by atoms with van der Waals surface area (Å²) in [5.41, 5.74) is 1.67.